The first-order chi connectivity index (χ1) is 43.9. The van der Waals surface area contributed by atoms with Crippen LogP contribution in [0.15, 0.2) is 191 Å². The van der Waals surface area contributed by atoms with Gasteiger partial charge >= 0.3 is 36.8 Å². The number of halogens is 3. The van der Waals surface area contributed by atoms with E-state index in [0.29, 0.717) is 11.0 Å². The van der Waals surface area contributed by atoms with E-state index in [4.69, 9.17) is 36.8 Å². The minimum atomic E-state index is -5.85. The van der Waals surface area contributed by atoms with E-state index in [1.54, 1.807) is 18.2 Å². The molecule has 0 atom stereocenters. The monoisotopic (exact) mass is 1260 g/mol. The first-order valence-electron chi connectivity index (χ1n) is 31.2. The van der Waals surface area contributed by atoms with Crippen molar-refractivity contribution in [2.75, 3.05) is 0 Å². The quantitative estimate of drug-likeness (QED) is 0.0897. The van der Waals surface area contributed by atoms with Crippen molar-refractivity contribution in [3.63, 3.8) is 0 Å². The van der Waals surface area contributed by atoms with Gasteiger partial charge in [-0.15, -0.1) is 0 Å². The van der Waals surface area contributed by atoms with Crippen molar-refractivity contribution in [3.05, 3.63) is 182 Å². The number of fused-ring (bicyclic) bond motifs is 12. The van der Waals surface area contributed by atoms with Crippen LogP contribution in [0.4, 0.5) is 13.2 Å². The van der Waals surface area contributed by atoms with E-state index in [9.17, 15) is 21.6 Å². The molecule has 0 N–H and O–H groups in total. The maximum absolute atomic E-state index is 13.0. The number of alkyl halides is 3. The van der Waals surface area contributed by atoms with E-state index in [1.165, 1.54) is 67.4 Å². The SMILES string of the molecule is CC1(C)OB(B2OC(C)(C)C(C)(C)O2)OC1(C)C.CC1(C)OB(c2cccc3oc4ccc(-c5ccc6c7c(cccc57)-c5ccccc5-6)cc4c23)OC1(C)C.O=S(=O)(Oc1cccc2oc3ccc(-c4ccc5c6c(cccc46)-c4ccccc4-5)cc3c12)C(F)(F)F. The van der Waals surface area contributed by atoms with Crippen LogP contribution in [0.3, 0.4) is 0 Å². The Bertz CT molecular complexity index is 5080. The van der Waals surface area contributed by atoms with Crippen LogP contribution in [0, 0.1) is 0 Å². The van der Waals surface area contributed by atoms with Gasteiger partial charge in [-0.2, -0.15) is 21.6 Å². The summed E-state index contributed by atoms with van der Waals surface area (Å²) >= 11 is 0. The largest absolute Gasteiger partial charge is 0.534 e. The molecule has 12 aromatic rings. The number of benzene rings is 10. The third-order valence-electron chi connectivity index (χ3n) is 20.5. The lowest BCUT2D eigenvalue weighted by atomic mass is 9.49. The van der Waals surface area contributed by atoms with Crippen LogP contribution in [-0.2, 0) is 38.0 Å². The molecule has 0 unspecified atom stereocenters. The Morgan fingerprint density at radius 3 is 1.13 bits per heavy atom. The molecule has 3 saturated heterocycles. The summed E-state index contributed by atoms with van der Waals surface area (Å²) in [4.78, 5) is 0. The highest BCUT2D eigenvalue weighted by Crippen LogP contribution is 2.52. The molecule has 0 saturated carbocycles. The average Bonchev–Trinajstić information content (AvgIpc) is 1.61. The molecule has 5 aliphatic rings. The van der Waals surface area contributed by atoms with Crippen molar-refractivity contribution < 1.29 is 62.5 Å². The molecule has 0 amide bonds. The smallest absolute Gasteiger partial charge is 0.456 e. The van der Waals surface area contributed by atoms with Crippen molar-refractivity contribution in [2.45, 2.75) is 122 Å². The van der Waals surface area contributed by atoms with Crippen LogP contribution in [0.5, 0.6) is 5.75 Å². The van der Waals surface area contributed by atoms with Gasteiger partial charge in [-0.05, 0) is 219 Å². The Morgan fingerprint density at radius 2 is 0.699 bits per heavy atom. The molecule has 2 aromatic heterocycles. The van der Waals surface area contributed by atoms with Crippen molar-refractivity contribution in [3.8, 4) is 72.5 Å². The molecule has 0 spiro atoms. The maximum Gasteiger partial charge on any atom is 0.534 e. The maximum atomic E-state index is 13.0. The van der Waals surface area contributed by atoms with E-state index in [1.807, 2.05) is 104 Å². The van der Waals surface area contributed by atoms with E-state index in [-0.39, 0.29) is 33.4 Å². The molecule has 18 heteroatoms. The molecule has 2 aliphatic carbocycles. The van der Waals surface area contributed by atoms with Crippen molar-refractivity contribution in [1.82, 2.24) is 0 Å². The summed E-state index contributed by atoms with van der Waals surface area (Å²) in [5, 5.41) is 7.52. The lowest BCUT2D eigenvalue weighted by Gasteiger charge is -2.32. The third-order valence-corrected chi connectivity index (χ3v) is 21.4. The van der Waals surface area contributed by atoms with Gasteiger partial charge < -0.3 is 40.9 Å². The van der Waals surface area contributed by atoms with Gasteiger partial charge in [-0.3, -0.25) is 0 Å². The van der Waals surface area contributed by atoms with Crippen LogP contribution in [-0.4, -0.2) is 68.7 Å². The second kappa shape index (κ2) is 20.9. The molecule has 5 heterocycles. The van der Waals surface area contributed by atoms with Gasteiger partial charge in [0, 0.05) is 16.2 Å². The zero-order chi connectivity index (χ0) is 65.3. The third kappa shape index (κ3) is 9.67. The normalized spacial score (nSPS) is 18.3. The number of hydrogen-bond donors (Lipinski definition) is 0. The van der Waals surface area contributed by atoms with E-state index in [0.717, 1.165) is 60.4 Å². The molecule has 0 bridgehead atoms. The minimum Gasteiger partial charge on any atom is -0.456 e. The molecule has 11 nitrogen and oxygen atoms in total. The summed E-state index contributed by atoms with van der Waals surface area (Å²) in [7, 11) is -7.26. The van der Waals surface area contributed by atoms with Crippen molar-refractivity contribution in [2.24, 2.45) is 0 Å². The zero-order valence-electron chi connectivity index (χ0n) is 53.6. The first-order valence-corrected chi connectivity index (χ1v) is 32.6. The number of rotatable bonds is 6. The molecule has 17 rings (SSSR count). The second-order valence-electron chi connectivity index (χ2n) is 27.7. The van der Waals surface area contributed by atoms with Gasteiger partial charge in [0.1, 0.15) is 22.3 Å². The second-order valence-corrected chi connectivity index (χ2v) is 29.2. The Hall–Kier alpha value is -8.19. The van der Waals surface area contributed by atoms with E-state index >= 15 is 0 Å². The van der Waals surface area contributed by atoms with Gasteiger partial charge in [-0.1, -0.05) is 140 Å². The zero-order valence-corrected chi connectivity index (χ0v) is 54.4. The minimum absolute atomic E-state index is 0.158. The Morgan fingerprint density at radius 1 is 0.344 bits per heavy atom. The van der Waals surface area contributed by atoms with Crippen molar-refractivity contribution in [1.29, 1.82) is 0 Å². The molecular formula is C75H66B3F3O11S. The molecular weight excluding hydrogens is 1200 g/mol. The molecule has 10 aromatic carbocycles. The van der Waals surface area contributed by atoms with Gasteiger partial charge in [0.2, 0.25) is 0 Å². The van der Waals surface area contributed by atoms with Gasteiger partial charge in [0.15, 0.2) is 5.75 Å². The van der Waals surface area contributed by atoms with Gasteiger partial charge in [-0.25, -0.2) is 0 Å². The lowest BCUT2D eigenvalue weighted by Crippen LogP contribution is -2.41. The van der Waals surface area contributed by atoms with E-state index in [2.05, 4.69) is 135 Å². The summed E-state index contributed by atoms with van der Waals surface area (Å²) in [5.74, 6) is -0.443. The number of furan rings is 2. The van der Waals surface area contributed by atoms with Crippen LogP contribution < -0.4 is 9.65 Å². The summed E-state index contributed by atoms with van der Waals surface area (Å²) in [6.07, 6.45) is 0. The number of hydrogen-bond acceptors (Lipinski definition) is 11. The Labute approximate surface area is 538 Å². The summed E-state index contributed by atoms with van der Waals surface area (Å²) in [6, 6.07) is 60.6. The van der Waals surface area contributed by atoms with Crippen molar-refractivity contribution >= 4 is 102 Å². The molecule has 468 valence electrons. The summed E-state index contributed by atoms with van der Waals surface area (Å²) in [5.41, 5.74) is 9.55. The predicted octanol–water partition coefficient (Wildman–Crippen LogP) is 18.9. The van der Waals surface area contributed by atoms with Crippen LogP contribution >= 0.6 is 0 Å². The molecule has 93 heavy (non-hydrogen) atoms. The highest BCUT2D eigenvalue weighted by Gasteiger charge is 2.64. The predicted molar refractivity (Wildman–Crippen MR) is 366 cm³/mol. The van der Waals surface area contributed by atoms with Crippen LogP contribution in [0.1, 0.15) is 83.1 Å². The van der Waals surface area contributed by atoms with E-state index < -0.39 is 53.7 Å². The fraction of sp³-hybridized carbons (Fsp3) is 0.253. The Balaban J connectivity index is 0.000000123. The molecule has 0 radical (unpaired) electrons. The summed E-state index contributed by atoms with van der Waals surface area (Å²) < 4.78 is 116. The fourth-order valence-electron chi connectivity index (χ4n) is 13.5. The highest BCUT2D eigenvalue weighted by molar-refractivity contribution is 7.88. The van der Waals surface area contributed by atoms with Crippen LogP contribution in [0.25, 0.3) is 132 Å². The fourth-order valence-corrected chi connectivity index (χ4v) is 14.0. The van der Waals surface area contributed by atoms with Gasteiger partial charge in [0.25, 0.3) is 0 Å². The Kier molecular flexibility index (Phi) is 13.7. The van der Waals surface area contributed by atoms with Crippen LogP contribution in [0.2, 0.25) is 0 Å². The highest BCUT2D eigenvalue weighted by atomic mass is 32.2. The topological polar surface area (TPSA) is 125 Å². The molecule has 3 fully saturated rings. The average molecular weight is 1260 g/mol. The standard InChI is InChI=1S/C34H27BO3.C29H15F3O4S.C12H24B2O4/c1-33(2)34(3,4)38-35(37-33)28-13-8-14-30-32(28)27-19-20(15-18-29(27)36-30)21-16-17-26-23-10-6-5-9-22(23)25-12-7-11-24(21)31(25)26;30-29(31,32)37(33,34)36-26-10-4-9-25-28(26)23-15-16(11-14-24(23)35-25)17-12-13-22-19-6-2-1-5-18(19)21-8-3-7-20(17)27(21)22;1-9(2)10(3,4)16-13(15-9)14-17-11(5,6)12(7,8)18-14/h5-19H,1-4H3;1-15H;1-8H3. The summed E-state index contributed by atoms with van der Waals surface area (Å²) in [6.45, 7) is 24.6. The first kappa shape index (κ1) is 61.0. The van der Waals surface area contributed by atoms with Gasteiger partial charge in [0.05, 0.1) is 39.0 Å². The molecule has 3 aliphatic heterocycles. The lowest BCUT2D eigenvalue weighted by molar-refractivity contribution is -0.0499.